The molecule has 0 aliphatic rings. The number of hydrogen-bond acceptors (Lipinski definition) is 6. The summed E-state index contributed by atoms with van der Waals surface area (Å²) in [5, 5.41) is 8.18. The van der Waals surface area contributed by atoms with E-state index in [9.17, 15) is 4.79 Å². The predicted molar refractivity (Wildman–Crippen MR) is 91.2 cm³/mol. The molecule has 0 aliphatic heterocycles. The molecular formula is C17H17N3O3S. The summed E-state index contributed by atoms with van der Waals surface area (Å²) in [6.07, 6.45) is 3.35. The highest BCUT2D eigenvalue weighted by atomic mass is 32.2. The van der Waals surface area contributed by atoms with E-state index in [4.69, 9.17) is 8.83 Å². The molecule has 0 N–H and O–H groups in total. The van der Waals surface area contributed by atoms with Gasteiger partial charge in [-0.25, -0.2) is 0 Å². The van der Waals surface area contributed by atoms with Crippen LogP contribution in [0.25, 0.3) is 11.7 Å². The molecule has 0 saturated heterocycles. The fraction of sp³-hybridized carbons (Fsp3) is 0.235. The smallest absolute Gasteiger partial charge is 0.284 e. The van der Waals surface area contributed by atoms with Gasteiger partial charge in [-0.05, 0) is 32.0 Å². The zero-order valence-corrected chi connectivity index (χ0v) is 14.3. The normalized spacial score (nSPS) is 10.9. The first-order valence-corrected chi connectivity index (χ1v) is 8.39. The SMILES string of the molecule is C=CCn1c(C)cc(C(=O)CSc2nnc(-c3ccco3)o2)c1C. The molecule has 0 amide bonds. The average molecular weight is 343 g/mol. The Balaban J connectivity index is 1.68. The zero-order chi connectivity index (χ0) is 17.1. The molecular weight excluding hydrogens is 326 g/mol. The lowest BCUT2D eigenvalue weighted by molar-refractivity contribution is 0.102. The number of ketones is 1. The quantitative estimate of drug-likeness (QED) is 0.368. The van der Waals surface area contributed by atoms with Gasteiger partial charge in [0.05, 0.1) is 12.0 Å². The lowest BCUT2D eigenvalue weighted by Gasteiger charge is -2.05. The number of nitrogens with zero attached hydrogens (tertiary/aromatic N) is 3. The van der Waals surface area contributed by atoms with Crippen molar-refractivity contribution in [3.8, 4) is 11.7 Å². The summed E-state index contributed by atoms with van der Waals surface area (Å²) in [5.41, 5.74) is 2.70. The van der Waals surface area contributed by atoms with Crippen molar-refractivity contribution in [3.05, 3.63) is 54.1 Å². The standard InChI is InChI=1S/C17H17N3O3S/c1-4-7-20-11(2)9-13(12(20)3)14(21)10-24-17-19-18-16(23-17)15-6-5-8-22-15/h4-6,8-9H,1,7,10H2,2-3H3. The van der Waals surface area contributed by atoms with E-state index in [1.807, 2.05) is 26.0 Å². The van der Waals surface area contributed by atoms with Crippen LogP contribution in [0.3, 0.4) is 0 Å². The predicted octanol–water partition coefficient (Wildman–Crippen LogP) is 3.91. The Morgan fingerprint density at radius 1 is 1.42 bits per heavy atom. The summed E-state index contributed by atoms with van der Waals surface area (Å²) in [6.45, 7) is 8.36. The van der Waals surface area contributed by atoms with Crippen LogP contribution < -0.4 is 0 Å². The van der Waals surface area contributed by atoms with E-state index in [1.165, 1.54) is 18.0 Å². The number of allylic oxidation sites excluding steroid dienone is 1. The van der Waals surface area contributed by atoms with E-state index in [1.54, 1.807) is 12.1 Å². The van der Waals surface area contributed by atoms with Gasteiger partial charge in [-0.2, -0.15) is 0 Å². The number of carbonyl (C=O) groups excluding carboxylic acids is 1. The number of aryl methyl sites for hydroxylation is 1. The largest absolute Gasteiger partial charge is 0.459 e. The van der Waals surface area contributed by atoms with Crippen LogP contribution in [0, 0.1) is 13.8 Å². The number of furan rings is 1. The fourth-order valence-electron chi connectivity index (χ4n) is 2.47. The van der Waals surface area contributed by atoms with Gasteiger partial charge in [-0.1, -0.05) is 17.8 Å². The molecule has 0 fully saturated rings. The average Bonchev–Trinajstić information content (AvgIpc) is 3.29. The van der Waals surface area contributed by atoms with Gasteiger partial charge in [0.1, 0.15) is 0 Å². The lowest BCUT2D eigenvalue weighted by Crippen LogP contribution is -2.06. The Hall–Kier alpha value is -2.54. The molecule has 3 rings (SSSR count). The third kappa shape index (κ3) is 3.21. The topological polar surface area (TPSA) is 74.1 Å². The van der Waals surface area contributed by atoms with E-state index < -0.39 is 0 Å². The van der Waals surface area contributed by atoms with Crippen molar-refractivity contribution in [2.24, 2.45) is 0 Å². The van der Waals surface area contributed by atoms with E-state index in [0.29, 0.717) is 29.0 Å². The second-order valence-corrected chi connectivity index (χ2v) is 6.17. The number of Topliss-reactive ketones (excluding diaryl/α,β-unsaturated/α-hetero) is 1. The van der Waals surface area contributed by atoms with Crippen LogP contribution in [0.2, 0.25) is 0 Å². The van der Waals surface area contributed by atoms with E-state index in [0.717, 1.165) is 11.4 Å². The van der Waals surface area contributed by atoms with Crippen LogP contribution in [0.1, 0.15) is 21.7 Å². The highest BCUT2D eigenvalue weighted by Crippen LogP contribution is 2.25. The maximum Gasteiger partial charge on any atom is 0.284 e. The summed E-state index contributed by atoms with van der Waals surface area (Å²) >= 11 is 1.22. The van der Waals surface area contributed by atoms with Gasteiger partial charge in [-0.3, -0.25) is 4.79 Å². The Kier molecular flexibility index (Phi) is 4.71. The second-order valence-electron chi connectivity index (χ2n) is 5.25. The minimum atomic E-state index is 0.0289. The molecule has 3 aromatic rings. The maximum atomic E-state index is 12.5. The third-order valence-corrected chi connectivity index (χ3v) is 4.47. The Morgan fingerprint density at radius 3 is 2.96 bits per heavy atom. The number of aromatic nitrogens is 3. The highest BCUT2D eigenvalue weighted by molar-refractivity contribution is 7.99. The number of thioether (sulfide) groups is 1. The summed E-state index contributed by atoms with van der Waals surface area (Å²) in [5.74, 6) is 1.08. The molecule has 6 nitrogen and oxygen atoms in total. The van der Waals surface area contributed by atoms with Crippen molar-refractivity contribution in [2.75, 3.05) is 5.75 Å². The van der Waals surface area contributed by atoms with Crippen LogP contribution in [0.4, 0.5) is 0 Å². The van der Waals surface area contributed by atoms with Gasteiger partial charge in [0.15, 0.2) is 11.5 Å². The molecule has 24 heavy (non-hydrogen) atoms. The number of rotatable bonds is 7. The minimum Gasteiger partial charge on any atom is -0.459 e. The molecule has 0 radical (unpaired) electrons. The molecule has 0 spiro atoms. The first-order chi connectivity index (χ1) is 11.6. The molecule has 0 saturated carbocycles. The number of carbonyl (C=O) groups is 1. The molecule has 0 aliphatic carbocycles. The molecule has 124 valence electrons. The van der Waals surface area contributed by atoms with Gasteiger partial charge in [0.2, 0.25) is 0 Å². The van der Waals surface area contributed by atoms with Gasteiger partial charge in [0, 0.05) is 23.5 Å². The van der Waals surface area contributed by atoms with Crippen LogP contribution in [0.15, 0.2) is 51.2 Å². The third-order valence-electron chi connectivity index (χ3n) is 3.65. The summed E-state index contributed by atoms with van der Waals surface area (Å²) in [7, 11) is 0. The van der Waals surface area contributed by atoms with Crippen molar-refractivity contribution >= 4 is 17.5 Å². The van der Waals surface area contributed by atoms with Crippen molar-refractivity contribution in [3.63, 3.8) is 0 Å². The van der Waals surface area contributed by atoms with Gasteiger partial charge >= 0.3 is 0 Å². The highest BCUT2D eigenvalue weighted by Gasteiger charge is 2.17. The summed E-state index contributed by atoms with van der Waals surface area (Å²) in [4.78, 5) is 12.5. The van der Waals surface area contributed by atoms with Crippen molar-refractivity contribution in [2.45, 2.75) is 25.6 Å². The number of hydrogen-bond donors (Lipinski definition) is 0. The van der Waals surface area contributed by atoms with Crippen molar-refractivity contribution < 1.29 is 13.6 Å². The lowest BCUT2D eigenvalue weighted by atomic mass is 10.2. The molecule has 7 heteroatoms. The summed E-state index contributed by atoms with van der Waals surface area (Å²) < 4.78 is 12.7. The van der Waals surface area contributed by atoms with E-state index >= 15 is 0 Å². The molecule has 0 unspecified atom stereocenters. The minimum absolute atomic E-state index is 0.0289. The monoisotopic (exact) mass is 343 g/mol. The Labute approximate surface area is 143 Å². The molecule has 0 atom stereocenters. The van der Waals surface area contributed by atoms with Crippen LogP contribution >= 0.6 is 11.8 Å². The maximum absolute atomic E-state index is 12.5. The van der Waals surface area contributed by atoms with E-state index in [2.05, 4.69) is 21.3 Å². The van der Waals surface area contributed by atoms with Crippen molar-refractivity contribution in [1.82, 2.24) is 14.8 Å². The Bertz CT molecular complexity index is 862. The molecule has 0 bridgehead atoms. The van der Waals surface area contributed by atoms with Crippen molar-refractivity contribution in [1.29, 1.82) is 0 Å². The summed E-state index contributed by atoms with van der Waals surface area (Å²) in [6, 6.07) is 5.39. The second kappa shape index (κ2) is 6.92. The van der Waals surface area contributed by atoms with Crippen LogP contribution in [-0.2, 0) is 6.54 Å². The van der Waals surface area contributed by atoms with Crippen LogP contribution in [0.5, 0.6) is 0 Å². The van der Waals surface area contributed by atoms with Gasteiger partial charge in [0.25, 0.3) is 11.1 Å². The molecule has 3 aromatic heterocycles. The van der Waals surface area contributed by atoms with Gasteiger partial charge < -0.3 is 13.4 Å². The first-order valence-electron chi connectivity index (χ1n) is 7.41. The van der Waals surface area contributed by atoms with Gasteiger partial charge in [-0.15, -0.1) is 16.8 Å². The molecule has 3 heterocycles. The fourth-order valence-corrected chi connectivity index (χ4v) is 3.11. The zero-order valence-electron chi connectivity index (χ0n) is 13.5. The van der Waals surface area contributed by atoms with Crippen LogP contribution in [-0.4, -0.2) is 26.3 Å². The first kappa shape index (κ1) is 16.3. The molecule has 0 aromatic carbocycles. The van der Waals surface area contributed by atoms with E-state index in [-0.39, 0.29) is 11.5 Å². The Morgan fingerprint density at radius 2 is 2.25 bits per heavy atom.